The lowest BCUT2D eigenvalue weighted by Crippen LogP contribution is -2.20. The van der Waals surface area contributed by atoms with Crippen LogP contribution in [0.15, 0.2) is 42.6 Å². The molecule has 4 N–H and O–H groups in total. The van der Waals surface area contributed by atoms with Crippen LogP contribution in [-0.4, -0.2) is 35.4 Å². The first-order chi connectivity index (χ1) is 17.2. The highest BCUT2D eigenvalue weighted by Gasteiger charge is 2.21. The monoisotopic (exact) mass is 514 g/mol. The third kappa shape index (κ3) is 5.77. The number of pyridine rings is 1. The zero-order chi connectivity index (χ0) is 25.8. The second kappa shape index (κ2) is 11.2. The third-order valence-electron chi connectivity index (χ3n) is 6.49. The number of primary amides is 1. The Kier molecular flexibility index (Phi) is 8.06. The van der Waals surface area contributed by atoms with Gasteiger partial charge in [0, 0.05) is 22.9 Å². The molecule has 0 radical (unpaired) electrons. The number of ether oxygens (including phenoxy) is 1. The summed E-state index contributed by atoms with van der Waals surface area (Å²) in [6, 6.07) is 8.97. The number of aromatic nitrogens is 1. The van der Waals surface area contributed by atoms with Crippen LogP contribution in [-0.2, 0) is 6.42 Å². The molecule has 1 amide bonds. The Labute approximate surface area is 214 Å². The number of rotatable bonds is 9. The number of nitrogens with zero attached hydrogens (tertiary/aromatic N) is 2. The van der Waals surface area contributed by atoms with E-state index in [0.29, 0.717) is 11.1 Å². The van der Waals surface area contributed by atoms with Gasteiger partial charge in [-0.2, -0.15) is 0 Å². The number of aryl methyl sites for hydroxylation is 1. The fourth-order valence-corrected chi connectivity index (χ4v) is 4.90. The van der Waals surface area contributed by atoms with Gasteiger partial charge in [0.2, 0.25) is 5.91 Å². The Morgan fingerprint density at radius 3 is 2.61 bits per heavy atom. The number of carbonyl (C=O) groups excluding carboxylic acids is 1. The van der Waals surface area contributed by atoms with Crippen molar-refractivity contribution in [2.24, 2.45) is 5.73 Å². The van der Waals surface area contributed by atoms with Crippen molar-refractivity contribution in [2.75, 3.05) is 25.4 Å². The van der Waals surface area contributed by atoms with Gasteiger partial charge in [0.05, 0.1) is 5.02 Å². The van der Waals surface area contributed by atoms with E-state index in [4.69, 9.17) is 27.8 Å². The van der Waals surface area contributed by atoms with Crippen molar-refractivity contribution in [1.29, 1.82) is 0 Å². The average Bonchev–Trinajstić information content (AvgIpc) is 3.37. The normalized spacial score (nSPS) is 14.7. The van der Waals surface area contributed by atoms with E-state index >= 15 is 0 Å². The summed E-state index contributed by atoms with van der Waals surface area (Å²) >= 11 is 6.00. The number of nitrogen functional groups attached to an aromatic ring is 1. The number of nitrogens with two attached hydrogens (primary N) is 2. The summed E-state index contributed by atoms with van der Waals surface area (Å²) in [5.74, 6) is -1.61. The molecule has 1 saturated heterocycles. The number of amides is 1. The molecule has 1 fully saturated rings. The number of carbonyl (C=O) groups is 1. The van der Waals surface area contributed by atoms with Gasteiger partial charge < -0.3 is 21.1 Å². The molecule has 9 heteroatoms. The summed E-state index contributed by atoms with van der Waals surface area (Å²) in [4.78, 5) is 18.5. The molecule has 6 nitrogen and oxygen atoms in total. The Hall–Kier alpha value is -3.23. The van der Waals surface area contributed by atoms with E-state index in [9.17, 15) is 13.6 Å². The molecule has 0 aliphatic carbocycles. The first kappa shape index (κ1) is 25.9. The Balaban J connectivity index is 1.62. The molecule has 2 aromatic carbocycles. The highest BCUT2D eigenvalue weighted by atomic mass is 35.5. The highest BCUT2D eigenvalue weighted by Crippen LogP contribution is 2.35. The molecule has 1 aromatic heterocycles. The number of hydrogen-bond acceptors (Lipinski definition) is 5. The van der Waals surface area contributed by atoms with Crippen molar-refractivity contribution >= 4 is 23.3 Å². The molecule has 0 saturated carbocycles. The molecule has 1 unspecified atom stereocenters. The van der Waals surface area contributed by atoms with Gasteiger partial charge in [0.1, 0.15) is 17.7 Å². The number of benzene rings is 2. The van der Waals surface area contributed by atoms with Crippen LogP contribution in [0.5, 0.6) is 5.75 Å². The molecule has 1 aliphatic heterocycles. The molecule has 0 spiro atoms. The maximum absolute atomic E-state index is 14.4. The van der Waals surface area contributed by atoms with Gasteiger partial charge in [-0.05, 0) is 93.7 Å². The van der Waals surface area contributed by atoms with Crippen LogP contribution in [0, 0.1) is 11.6 Å². The molecular weight excluding hydrogens is 486 g/mol. The summed E-state index contributed by atoms with van der Waals surface area (Å²) in [5.41, 5.74) is 14.4. The Morgan fingerprint density at radius 2 is 1.89 bits per heavy atom. The van der Waals surface area contributed by atoms with E-state index < -0.39 is 23.6 Å². The summed E-state index contributed by atoms with van der Waals surface area (Å²) in [6.07, 6.45) is 4.82. The quantitative estimate of drug-likeness (QED) is 0.366. The van der Waals surface area contributed by atoms with Gasteiger partial charge in [-0.25, -0.2) is 13.8 Å². The minimum absolute atomic E-state index is 0.0999. The zero-order valence-corrected chi connectivity index (χ0v) is 20.8. The first-order valence-corrected chi connectivity index (χ1v) is 12.3. The molecule has 36 heavy (non-hydrogen) atoms. The summed E-state index contributed by atoms with van der Waals surface area (Å²) < 4.78 is 34.2. The molecule has 1 atom stereocenters. The second-order valence-corrected chi connectivity index (χ2v) is 9.39. The van der Waals surface area contributed by atoms with E-state index in [1.165, 1.54) is 12.8 Å². The van der Waals surface area contributed by atoms with E-state index in [1.54, 1.807) is 25.3 Å². The van der Waals surface area contributed by atoms with Gasteiger partial charge in [0.15, 0.2) is 11.6 Å². The van der Waals surface area contributed by atoms with Crippen molar-refractivity contribution < 1.29 is 18.3 Å². The zero-order valence-electron chi connectivity index (χ0n) is 20.1. The van der Waals surface area contributed by atoms with Crippen LogP contribution >= 0.6 is 11.6 Å². The molecular formula is C27H29ClF2N4O2. The number of anilines is 1. The lowest BCUT2D eigenvalue weighted by molar-refractivity contribution is 0.1000. The minimum atomic E-state index is -0.926. The predicted molar refractivity (Wildman–Crippen MR) is 137 cm³/mol. The Morgan fingerprint density at radius 1 is 1.17 bits per heavy atom. The van der Waals surface area contributed by atoms with E-state index in [2.05, 4.69) is 9.88 Å². The van der Waals surface area contributed by atoms with Gasteiger partial charge in [-0.15, -0.1) is 0 Å². The molecule has 2 heterocycles. The standard InChI is InChI=1S/C27H29ClF2N4O2/c1-16(24-21(29)8-9-22(30)25(24)28)36-23-14-19(15-33-26(23)31)20-7-6-18(27(32)35)13-17(20)5-4-12-34-10-2-3-11-34/h6-9,13-16H,2-5,10-12H2,1H3,(H2,31,33)(H2,32,35). The van der Waals surface area contributed by atoms with Crippen LogP contribution in [0.2, 0.25) is 5.02 Å². The molecule has 4 rings (SSSR count). The second-order valence-electron chi connectivity index (χ2n) is 9.01. The number of halogens is 3. The SMILES string of the molecule is CC(Oc1cc(-c2ccc(C(N)=O)cc2CCCN2CCCC2)cnc1N)c1c(F)ccc(F)c1Cl. The number of hydrogen-bond donors (Lipinski definition) is 2. The summed E-state index contributed by atoms with van der Waals surface area (Å²) in [7, 11) is 0. The van der Waals surface area contributed by atoms with Crippen LogP contribution < -0.4 is 16.2 Å². The molecule has 1 aliphatic rings. The molecule has 3 aromatic rings. The maximum atomic E-state index is 14.4. The van der Waals surface area contributed by atoms with Gasteiger partial charge >= 0.3 is 0 Å². The fraction of sp³-hybridized carbons (Fsp3) is 0.333. The van der Waals surface area contributed by atoms with Gasteiger partial charge in [-0.3, -0.25) is 4.79 Å². The lowest BCUT2D eigenvalue weighted by Gasteiger charge is -2.19. The summed E-state index contributed by atoms with van der Waals surface area (Å²) in [6.45, 7) is 4.77. The van der Waals surface area contributed by atoms with Crippen molar-refractivity contribution in [3.05, 3.63) is 75.9 Å². The first-order valence-electron chi connectivity index (χ1n) is 12.0. The average molecular weight is 515 g/mol. The van der Waals surface area contributed by atoms with Gasteiger partial charge in [-0.1, -0.05) is 17.7 Å². The molecule has 0 bridgehead atoms. The van der Waals surface area contributed by atoms with E-state index in [-0.39, 0.29) is 22.2 Å². The van der Waals surface area contributed by atoms with Gasteiger partial charge in [0.25, 0.3) is 0 Å². The van der Waals surface area contributed by atoms with Crippen molar-refractivity contribution in [3.63, 3.8) is 0 Å². The van der Waals surface area contributed by atoms with Crippen LogP contribution in [0.3, 0.4) is 0 Å². The van der Waals surface area contributed by atoms with Crippen LogP contribution in [0.4, 0.5) is 14.6 Å². The van der Waals surface area contributed by atoms with Crippen LogP contribution in [0.1, 0.15) is 53.8 Å². The number of likely N-dealkylation sites (tertiary alicyclic amines) is 1. The van der Waals surface area contributed by atoms with Crippen molar-refractivity contribution in [2.45, 2.75) is 38.7 Å². The third-order valence-corrected chi connectivity index (χ3v) is 6.88. The largest absolute Gasteiger partial charge is 0.482 e. The van der Waals surface area contributed by atoms with E-state index in [1.807, 2.05) is 12.1 Å². The highest BCUT2D eigenvalue weighted by molar-refractivity contribution is 6.31. The summed E-state index contributed by atoms with van der Waals surface area (Å²) in [5, 5.41) is -0.340. The Bertz CT molecular complexity index is 1260. The minimum Gasteiger partial charge on any atom is -0.482 e. The van der Waals surface area contributed by atoms with Crippen LogP contribution in [0.25, 0.3) is 11.1 Å². The molecule has 190 valence electrons. The topological polar surface area (TPSA) is 94.5 Å². The maximum Gasteiger partial charge on any atom is 0.248 e. The lowest BCUT2D eigenvalue weighted by atomic mass is 9.95. The predicted octanol–water partition coefficient (Wildman–Crippen LogP) is 5.53. The van der Waals surface area contributed by atoms with E-state index in [0.717, 1.165) is 55.7 Å². The van der Waals surface area contributed by atoms with Crippen molar-refractivity contribution in [1.82, 2.24) is 9.88 Å². The van der Waals surface area contributed by atoms with Crippen molar-refractivity contribution in [3.8, 4) is 16.9 Å². The fourth-order valence-electron chi connectivity index (χ4n) is 4.60. The smallest absolute Gasteiger partial charge is 0.248 e.